The topological polar surface area (TPSA) is 58.2 Å². The molecule has 2 aromatic carbocycles. The first kappa shape index (κ1) is 13.5. The van der Waals surface area contributed by atoms with Crippen molar-refractivity contribution in [1.82, 2.24) is 4.72 Å². The minimum atomic E-state index is -3.47. The predicted octanol–water partition coefficient (Wildman–Crippen LogP) is 2.81. The van der Waals surface area contributed by atoms with Crippen LogP contribution in [-0.2, 0) is 10.0 Å². The summed E-state index contributed by atoms with van der Waals surface area (Å²) in [5.41, 5.74) is 1.52. The molecule has 0 radical (unpaired) electrons. The van der Waals surface area contributed by atoms with Crippen molar-refractivity contribution < 1.29 is 8.42 Å². The lowest BCUT2D eigenvalue weighted by molar-refractivity contribution is 0.562. The van der Waals surface area contributed by atoms with Crippen molar-refractivity contribution in [3.8, 4) is 0 Å². The number of thioether (sulfide) groups is 1. The number of para-hydroxylation sites is 1. The minimum absolute atomic E-state index is 0.289. The molecule has 0 aromatic heterocycles. The molecule has 0 spiro atoms. The van der Waals surface area contributed by atoms with Gasteiger partial charge in [-0.1, -0.05) is 24.3 Å². The molecule has 0 amide bonds. The standard InChI is InChI=1S/C14H14N2O2S2/c1-19-11-8-6-10(7-9-11)14-15-12-4-2-3-5-13(12)20(17,18)16-14/h2-9,14-16H,1H3. The average Bonchev–Trinajstić information content (AvgIpc) is 2.47. The van der Waals surface area contributed by atoms with E-state index in [0.717, 1.165) is 10.5 Å². The predicted molar refractivity (Wildman–Crippen MR) is 81.4 cm³/mol. The van der Waals surface area contributed by atoms with Gasteiger partial charge in [-0.15, -0.1) is 11.8 Å². The van der Waals surface area contributed by atoms with Crippen LogP contribution in [0.3, 0.4) is 0 Å². The van der Waals surface area contributed by atoms with Gasteiger partial charge in [-0.2, -0.15) is 4.72 Å². The Kier molecular flexibility index (Phi) is 3.45. The molecule has 2 aromatic rings. The second kappa shape index (κ2) is 5.12. The molecular formula is C14H14N2O2S2. The number of anilines is 1. The first-order valence-corrected chi connectivity index (χ1v) is 8.83. The number of fused-ring (bicyclic) bond motifs is 1. The Hall–Kier alpha value is -1.50. The Morgan fingerprint density at radius 2 is 1.75 bits per heavy atom. The highest BCUT2D eigenvalue weighted by Gasteiger charge is 2.29. The monoisotopic (exact) mass is 306 g/mol. The highest BCUT2D eigenvalue weighted by Crippen LogP contribution is 2.31. The van der Waals surface area contributed by atoms with Crippen molar-refractivity contribution in [2.75, 3.05) is 11.6 Å². The lowest BCUT2D eigenvalue weighted by Crippen LogP contribution is -2.38. The molecular weight excluding hydrogens is 292 g/mol. The van der Waals surface area contributed by atoms with Crippen molar-refractivity contribution in [3.63, 3.8) is 0 Å². The fourth-order valence-electron chi connectivity index (χ4n) is 2.17. The molecule has 1 aliphatic rings. The van der Waals surface area contributed by atoms with E-state index in [-0.39, 0.29) is 4.90 Å². The zero-order valence-corrected chi connectivity index (χ0v) is 12.5. The molecule has 1 unspecified atom stereocenters. The van der Waals surface area contributed by atoms with Gasteiger partial charge in [-0.3, -0.25) is 0 Å². The molecule has 0 fully saturated rings. The summed E-state index contributed by atoms with van der Waals surface area (Å²) in [5.74, 6) is 0. The maximum absolute atomic E-state index is 12.2. The smallest absolute Gasteiger partial charge is 0.244 e. The van der Waals surface area contributed by atoms with E-state index in [0.29, 0.717) is 5.69 Å². The van der Waals surface area contributed by atoms with E-state index in [1.165, 1.54) is 0 Å². The van der Waals surface area contributed by atoms with Gasteiger partial charge in [0.1, 0.15) is 11.1 Å². The number of nitrogens with one attached hydrogen (secondary N) is 2. The molecule has 0 bridgehead atoms. The average molecular weight is 306 g/mol. The molecule has 1 atom stereocenters. The summed E-state index contributed by atoms with van der Waals surface area (Å²) in [6, 6.07) is 14.7. The van der Waals surface area contributed by atoms with Crippen molar-refractivity contribution in [1.29, 1.82) is 0 Å². The van der Waals surface area contributed by atoms with Gasteiger partial charge in [0.2, 0.25) is 10.0 Å². The number of hydrogen-bond donors (Lipinski definition) is 2. The number of sulfonamides is 1. The van der Waals surface area contributed by atoms with Crippen molar-refractivity contribution in [2.24, 2.45) is 0 Å². The number of hydrogen-bond acceptors (Lipinski definition) is 4. The van der Waals surface area contributed by atoms with Crippen LogP contribution in [0.25, 0.3) is 0 Å². The van der Waals surface area contributed by atoms with E-state index in [2.05, 4.69) is 10.0 Å². The lowest BCUT2D eigenvalue weighted by atomic mass is 10.1. The molecule has 2 N–H and O–H groups in total. The Morgan fingerprint density at radius 1 is 1.05 bits per heavy atom. The van der Waals surface area contributed by atoms with Crippen LogP contribution >= 0.6 is 11.8 Å². The van der Waals surface area contributed by atoms with Crippen LogP contribution in [0.5, 0.6) is 0 Å². The fourth-order valence-corrected chi connectivity index (χ4v) is 3.89. The summed E-state index contributed by atoms with van der Waals surface area (Å²) in [6.45, 7) is 0. The van der Waals surface area contributed by atoms with Crippen LogP contribution in [0.2, 0.25) is 0 Å². The molecule has 0 saturated carbocycles. The molecule has 1 aliphatic heterocycles. The molecule has 20 heavy (non-hydrogen) atoms. The van der Waals surface area contributed by atoms with Gasteiger partial charge >= 0.3 is 0 Å². The van der Waals surface area contributed by atoms with Gasteiger partial charge in [0.15, 0.2) is 0 Å². The van der Waals surface area contributed by atoms with Crippen LogP contribution in [0.1, 0.15) is 11.7 Å². The van der Waals surface area contributed by atoms with Crippen LogP contribution < -0.4 is 10.0 Å². The zero-order chi connectivity index (χ0) is 14.2. The van der Waals surface area contributed by atoms with E-state index in [4.69, 9.17) is 0 Å². The Morgan fingerprint density at radius 3 is 2.45 bits per heavy atom. The van der Waals surface area contributed by atoms with E-state index in [1.807, 2.05) is 36.6 Å². The van der Waals surface area contributed by atoms with Crippen LogP contribution in [-0.4, -0.2) is 14.7 Å². The van der Waals surface area contributed by atoms with Gasteiger partial charge in [0, 0.05) is 4.90 Å². The Balaban J connectivity index is 1.98. The Labute approximate surface area is 122 Å². The van der Waals surface area contributed by atoms with Gasteiger partial charge in [-0.05, 0) is 36.1 Å². The summed E-state index contributed by atoms with van der Waals surface area (Å²) in [5, 5.41) is 3.21. The fraction of sp³-hybridized carbons (Fsp3) is 0.143. The van der Waals surface area contributed by atoms with E-state index < -0.39 is 16.2 Å². The number of benzene rings is 2. The van der Waals surface area contributed by atoms with Crippen LogP contribution in [0, 0.1) is 0 Å². The number of rotatable bonds is 2. The quantitative estimate of drug-likeness (QED) is 0.838. The molecule has 3 rings (SSSR count). The van der Waals surface area contributed by atoms with Gasteiger partial charge in [-0.25, -0.2) is 8.42 Å². The second-order valence-corrected chi connectivity index (χ2v) is 7.03. The lowest BCUT2D eigenvalue weighted by Gasteiger charge is -2.28. The summed E-state index contributed by atoms with van der Waals surface area (Å²) in [6.07, 6.45) is 1.57. The Bertz CT molecular complexity index is 727. The van der Waals surface area contributed by atoms with Crippen LogP contribution in [0.15, 0.2) is 58.3 Å². The SMILES string of the molecule is CSc1ccc(C2Nc3ccccc3S(=O)(=O)N2)cc1. The summed E-state index contributed by atoms with van der Waals surface area (Å²) < 4.78 is 27.1. The maximum atomic E-state index is 12.2. The normalized spacial score (nSPS) is 19.9. The highest BCUT2D eigenvalue weighted by atomic mass is 32.2. The first-order valence-electron chi connectivity index (χ1n) is 6.12. The van der Waals surface area contributed by atoms with Gasteiger partial charge in [0.25, 0.3) is 0 Å². The highest BCUT2D eigenvalue weighted by molar-refractivity contribution is 7.98. The van der Waals surface area contributed by atoms with E-state index in [1.54, 1.807) is 30.0 Å². The molecule has 6 heteroatoms. The van der Waals surface area contributed by atoms with Crippen molar-refractivity contribution in [3.05, 3.63) is 54.1 Å². The molecule has 0 aliphatic carbocycles. The third-order valence-electron chi connectivity index (χ3n) is 3.20. The largest absolute Gasteiger partial charge is 0.364 e. The summed E-state index contributed by atoms with van der Waals surface area (Å²) in [4.78, 5) is 1.44. The molecule has 4 nitrogen and oxygen atoms in total. The zero-order valence-electron chi connectivity index (χ0n) is 10.8. The molecule has 1 heterocycles. The van der Waals surface area contributed by atoms with Gasteiger partial charge < -0.3 is 5.32 Å². The summed E-state index contributed by atoms with van der Waals surface area (Å²) >= 11 is 1.65. The van der Waals surface area contributed by atoms with E-state index >= 15 is 0 Å². The second-order valence-electron chi connectivity index (χ2n) is 4.47. The van der Waals surface area contributed by atoms with Crippen molar-refractivity contribution in [2.45, 2.75) is 16.0 Å². The first-order chi connectivity index (χ1) is 9.60. The maximum Gasteiger partial charge on any atom is 0.244 e. The summed E-state index contributed by atoms with van der Waals surface area (Å²) in [7, 11) is -3.47. The third kappa shape index (κ3) is 2.42. The third-order valence-corrected chi connectivity index (χ3v) is 5.42. The molecule has 104 valence electrons. The van der Waals surface area contributed by atoms with Crippen molar-refractivity contribution >= 4 is 27.5 Å². The van der Waals surface area contributed by atoms with Crippen LogP contribution in [0.4, 0.5) is 5.69 Å². The molecule has 0 saturated heterocycles. The minimum Gasteiger partial charge on any atom is -0.364 e. The van der Waals surface area contributed by atoms with Gasteiger partial charge in [0.05, 0.1) is 5.69 Å². The van der Waals surface area contributed by atoms with E-state index in [9.17, 15) is 8.42 Å².